The van der Waals surface area contributed by atoms with E-state index in [4.69, 9.17) is 27.9 Å². The number of hydrogen-bond donors (Lipinski definition) is 2. The molecule has 182 valence electrons. The highest BCUT2D eigenvalue weighted by Crippen LogP contribution is 2.32. The molecule has 0 atom stereocenters. The van der Waals surface area contributed by atoms with Crippen molar-refractivity contribution < 1.29 is 27.5 Å². The van der Waals surface area contributed by atoms with Crippen molar-refractivity contribution in [3.63, 3.8) is 0 Å². The minimum absolute atomic E-state index is 0.291. The highest BCUT2D eigenvalue weighted by molar-refractivity contribution is 9.10. The van der Waals surface area contributed by atoms with Crippen LogP contribution in [-0.2, 0) is 11.0 Å². The van der Waals surface area contributed by atoms with E-state index >= 15 is 0 Å². The fourth-order valence-corrected chi connectivity index (χ4v) is 3.59. The zero-order valence-electron chi connectivity index (χ0n) is 17.5. The minimum atomic E-state index is -4.67. The third-order valence-corrected chi connectivity index (χ3v) is 5.73. The number of anilines is 1. The molecule has 0 spiro atoms. The number of carbonyl (C=O) groups excluding carboxylic acids is 2. The lowest BCUT2D eigenvalue weighted by Crippen LogP contribution is -2.22. The van der Waals surface area contributed by atoms with E-state index < -0.39 is 29.1 Å². The van der Waals surface area contributed by atoms with Gasteiger partial charge in [-0.05, 0) is 70.0 Å². The fraction of sp³-hybridized carbons (Fsp3) is 0.0870. The number of nitrogens with zero attached hydrogens (tertiary/aromatic N) is 1. The number of carbonyl (C=O) groups is 2. The Morgan fingerprint density at radius 1 is 1.03 bits per heavy atom. The minimum Gasteiger partial charge on any atom is -0.483 e. The number of nitrogens with one attached hydrogen (secondary N) is 2. The summed E-state index contributed by atoms with van der Waals surface area (Å²) < 4.78 is 45.1. The summed E-state index contributed by atoms with van der Waals surface area (Å²) in [5.41, 5.74) is 1.45. The molecular formula is C23H15BrCl2F3N3O3. The molecule has 0 radical (unpaired) electrons. The average molecular weight is 589 g/mol. The van der Waals surface area contributed by atoms with Gasteiger partial charge >= 0.3 is 6.18 Å². The molecule has 0 aliphatic heterocycles. The van der Waals surface area contributed by atoms with Crippen molar-refractivity contribution in [2.24, 2.45) is 5.10 Å². The molecule has 0 saturated carbocycles. The molecule has 0 aliphatic rings. The standard InChI is InChI=1S/C23H15BrCl2F3N3O3/c24-17-9-13(11-30-32-22(34)15-3-1-2-4-16(15)23(27,28)29)5-8-20(17)35-12-21(33)31-14-6-7-18(25)19(26)10-14/h1-11H,12H2,(H,31,33)(H,32,34)/b30-11+. The Hall–Kier alpha value is -3.08. The summed E-state index contributed by atoms with van der Waals surface area (Å²) in [7, 11) is 0. The monoisotopic (exact) mass is 587 g/mol. The second kappa shape index (κ2) is 11.6. The smallest absolute Gasteiger partial charge is 0.417 e. The summed E-state index contributed by atoms with van der Waals surface area (Å²) in [6.07, 6.45) is -3.42. The molecule has 0 saturated heterocycles. The Labute approximate surface area is 216 Å². The van der Waals surface area contributed by atoms with Crippen LogP contribution in [0.25, 0.3) is 0 Å². The van der Waals surface area contributed by atoms with Gasteiger partial charge in [-0.3, -0.25) is 9.59 Å². The summed E-state index contributed by atoms with van der Waals surface area (Å²) in [6, 6.07) is 13.8. The van der Waals surface area contributed by atoms with Crippen LogP contribution in [0.3, 0.4) is 0 Å². The van der Waals surface area contributed by atoms with Gasteiger partial charge < -0.3 is 10.1 Å². The van der Waals surface area contributed by atoms with Gasteiger partial charge in [0.25, 0.3) is 11.8 Å². The molecule has 3 rings (SSSR count). The van der Waals surface area contributed by atoms with E-state index in [1.807, 2.05) is 0 Å². The maximum atomic E-state index is 13.1. The number of halogens is 6. The molecule has 3 aromatic carbocycles. The fourth-order valence-electron chi connectivity index (χ4n) is 2.78. The van der Waals surface area contributed by atoms with Gasteiger partial charge in [-0.25, -0.2) is 5.43 Å². The van der Waals surface area contributed by atoms with Gasteiger partial charge in [-0.15, -0.1) is 0 Å². The van der Waals surface area contributed by atoms with Crippen LogP contribution in [0.4, 0.5) is 18.9 Å². The van der Waals surface area contributed by atoms with Gasteiger partial charge in [0.2, 0.25) is 0 Å². The van der Waals surface area contributed by atoms with Gasteiger partial charge in [-0.2, -0.15) is 18.3 Å². The highest BCUT2D eigenvalue weighted by atomic mass is 79.9. The second-order valence-corrected chi connectivity index (χ2v) is 8.57. The number of hydrogen-bond acceptors (Lipinski definition) is 4. The zero-order valence-corrected chi connectivity index (χ0v) is 20.6. The first-order valence-electron chi connectivity index (χ1n) is 9.71. The number of amides is 2. The van der Waals surface area contributed by atoms with Crippen LogP contribution in [0.5, 0.6) is 5.75 Å². The van der Waals surface area contributed by atoms with Crippen molar-refractivity contribution in [2.75, 3.05) is 11.9 Å². The van der Waals surface area contributed by atoms with Crippen LogP contribution < -0.4 is 15.5 Å². The zero-order chi connectivity index (χ0) is 25.6. The molecular weight excluding hydrogens is 574 g/mol. The number of rotatable bonds is 7. The number of benzene rings is 3. The third-order valence-electron chi connectivity index (χ3n) is 4.37. The number of ether oxygens (including phenoxy) is 1. The molecule has 6 nitrogen and oxygen atoms in total. The quantitative estimate of drug-likeness (QED) is 0.242. The molecule has 2 N–H and O–H groups in total. The van der Waals surface area contributed by atoms with Crippen molar-refractivity contribution in [1.82, 2.24) is 5.43 Å². The normalized spacial score (nSPS) is 11.4. The maximum absolute atomic E-state index is 13.1. The number of hydrazone groups is 1. The summed E-state index contributed by atoms with van der Waals surface area (Å²) >= 11 is 15.1. The van der Waals surface area contributed by atoms with Crippen molar-refractivity contribution in [3.8, 4) is 5.75 Å². The van der Waals surface area contributed by atoms with Gasteiger partial charge in [0.15, 0.2) is 6.61 Å². The SMILES string of the molecule is O=C(COc1ccc(/C=N/NC(=O)c2ccccc2C(F)(F)F)cc1Br)Nc1ccc(Cl)c(Cl)c1. The summed E-state index contributed by atoms with van der Waals surface area (Å²) in [5, 5.41) is 6.99. The largest absolute Gasteiger partial charge is 0.483 e. The van der Waals surface area contributed by atoms with Crippen LogP contribution in [0.15, 0.2) is 70.2 Å². The topological polar surface area (TPSA) is 79.8 Å². The Morgan fingerprint density at radius 3 is 2.46 bits per heavy atom. The van der Waals surface area contributed by atoms with Crippen LogP contribution in [0, 0.1) is 0 Å². The van der Waals surface area contributed by atoms with Crippen LogP contribution in [-0.4, -0.2) is 24.6 Å². The molecule has 35 heavy (non-hydrogen) atoms. The molecule has 0 aliphatic carbocycles. The lowest BCUT2D eigenvalue weighted by Gasteiger charge is -2.11. The van der Waals surface area contributed by atoms with Crippen molar-refractivity contribution in [2.45, 2.75) is 6.18 Å². The molecule has 12 heteroatoms. The van der Waals surface area contributed by atoms with Gasteiger partial charge in [0, 0.05) is 5.69 Å². The Kier molecular flexibility index (Phi) is 8.76. The van der Waals surface area contributed by atoms with Crippen molar-refractivity contribution in [3.05, 3.63) is 91.9 Å². The average Bonchev–Trinajstić information content (AvgIpc) is 2.80. The maximum Gasteiger partial charge on any atom is 0.417 e. The van der Waals surface area contributed by atoms with Gasteiger partial charge in [-0.1, -0.05) is 35.3 Å². The summed E-state index contributed by atoms with van der Waals surface area (Å²) in [6.45, 7) is -0.291. The molecule has 3 aromatic rings. The van der Waals surface area contributed by atoms with E-state index in [9.17, 15) is 22.8 Å². The van der Waals surface area contributed by atoms with Crippen LogP contribution >= 0.6 is 39.1 Å². The third kappa shape index (κ3) is 7.45. The molecule has 0 unspecified atom stereocenters. The Bertz CT molecular complexity index is 1290. The van der Waals surface area contributed by atoms with E-state index in [0.717, 1.165) is 12.1 Å². The van der Waals surface area contributed by atoms with Gasteiger partial charge in [0.1, 0.15) is 5.75 Å². The van der Waals surface area contributed by atoms with Crippen LogP contribution in [0.2, 0.25) is 10.0 Å². The lowest BCUT2D eigenvalue weighted by atomic mass is 10.1. The molecule has 0 aromatic heterocycles. The van der Waals surface area contributed by atoms with E-state index in [1.165, 1.54) is 24.4 Å². The van der Waals surface area contributed by atoms with E-state index in [0.29, 0.717) is 31.5 Å². The van der Waals surface area contributed by atoms with Gasteiger partial charge in [0.05, 0.1) is 31.9 Å². The first kappa shape index (κ1) is 26.5. The van der Waals surface area contributed by atoms with E-state index in [-0.39, 0.29) is 6.61 Å². The Morgan fingerprint density at radius 2 is 1.77 bits per heavy atom. The van der Waals surface area contributed by atoms with Crippen molar-refractivity contribution >= 4 is 62.8 Å². The molecule has 0 heterocycles. The predicted molar refractivity (Wildman–Crippen MR) is 131 cm³/mol. The molecule has 0 bridgehead atoms. The first-order valence-corrected chi connectivity index (χ1v) is 11.3. The van der Waals surface area contributed by atoms with E-state index in [1.54, 1.807) is 30.3 Å². The summed E-state index contributed by atoms with van der Waals surface area (Å²) in [4.78, 5) is 24.2. The van der Waals surface area contributed by atoms with E-state index in [2.05, 4.69) is 31.8 Å². The predicted octanol–water partition coefficient (Wildman–Crippen LogP) is 6.56. The highest BCUT2D eigenvalue weighted by Gasteiger charge is 2.34. The molecule has 2 amide bonds. The molecule has 0 fully saturated rings. The summed E-state index contributed by atoms with van der Waals surface area (Å²) in [5.74, 6) is -1.07. The number of alkyl halides is 3. The second-order valence-electron chi connectivity index (χ2n) is 6.90. The lowest BCUT2D eigenvalue weighted by molar-refractivity contribution is -0.138. The Balaban J connectivity index is 1.57. The first-order chi connectivity index (χ1) is 16.5. The van der Waals surface area contributed by atoms with Crippen molar-refractivity contribution in [1.29, 1.82) is 0 Å². The van der Waals surface area contributed by atoms with Crippen LogP contribution in [0.1, 0.15) is 21.5 Å².